The van der Waals surface area contributed by atoms with E-state index in [4.69, 9.17) is 4.74 Å². The Morgan fingerprint density at radius 1 is 1.24 bits per heavy atom. The zero-order chi connectivity index (χ0) is 14.8. The number of nitro groups is 1. The highest BCUT2D eigenvalue weighted by Gasteiger charge is 2.28. The lowest BCUT2D eigenvalue weighted by atomic mass is 9.91. The van der Waals surface area contributed by atoms with Crippen LogP contribution in [-0.4, -0.2) is 12.0 Å². The summed E-state index contributed by atoms with van der Waals surface area (Å²) in [5, 5.41) is 14.4. The van der Waals surface area contributed by atoms with Gasteiger partial charge >= 0.3 is 0 Å². The van der Waals surface area contributed by atoms with Gasteiger partial charge < -0.3 is 10.1 Å². The summed E-state index contributed by atoms with van der Waals surface area (Å²) in [6.45, 7) is 0. The third kappa shape index (κ3) is 2.60. The molecule has 2 aromatic carbocycles. The molecule has 1 heterocycles. The Balaban J connectivity index is 1.97. The number of nitrogens with one attached hydrogen (secondary N) is 1. The van der Waals surface area contributed by atoms with Crippen molar-refractivity contribution in [3.8, 4) is 0 Å². The van der Waals surface area contributed by atoms with Gasteiger partial charge in [-0.05, 0) is 11.6 Å². The Kier molecular flexibility index (Phi) is 3.58. The van der Waals surface area contributed by atoms with Crippen LogP contribution in [0.2, 0.25) is 0 Å². The van der Waals surface area contributed by atoms with Crippen molar-refractivity contribution in [1.29, 1.82) is 0 Å². The van der Waals surface area contributed by atoms with Crippen LogP contribution in [0.5, 0.6) is 0 Å². The lowest BCUT2D eigenvalue weighted by Crippen LogP contribution is -2.22. The van der Waals surface area contributed by atoms with Crippen LogP contribution in [0.4, 0.5) is 11.4 Å². The second-order valence-electron chi connectivity index (χ2n) is 5.10. The van der Waals surface area contributed by atoms with Crippen molar-refractivity contribution in [2.75, 3.05) is 12.4 Å². The molecule has 108 valence electrons. The topological polar surface area (TPSA) is 64.4 Å². The number of methoxy groups -OCH3 is 1. The number of fused-ring (bicyclic) bond motifs is 1. The fourth-order valence-corrected chi connectivity index (χ4v) is 2.78. The molecule has 0 bridgehead atoms. The number of rotatable bonds is 3. The van der Waals surface area contributed by atoms with Crippen LogP contribution in [0, 0.1) is 10.1 Å². The largest absolute Gasteiger partial charge is 0.378 e. The van der Waals surface area contributed by atoms with Gasteiger partial charge in [-0.25, -0.2) is 0 Å². The Morgan fingerprint density at radius 2 is 2.00 bits per heavy atom. The molecule has 0 spiro atoms. The molecule has 0 fully saturated rings. The summed E-state index contributed by atoms with van der Waals surface area (Å²) in [4.78, 5) is 10.5. The molecule has 1 aliphatic rings. The standard InChI is InChI=1S/C16H16N2O3/c1-21-16-10-15(11-5-3-2-4-6-11)17-14-8-7-12(18(19)20)9-13(14)16/h2-9,15-17H,10H2,1H3. The molecular weight excluding hydrogens is 268 g/mol. The lowest BCUT2D eigenvalue weighted by Gasteiger charge is -2.32. The molecule has 0 amide bonds. The van der Waals surface area contributed by atoms with Gasteiger partial charge in [0.05, 0.1) is 17.1 Å². The van der Waals surface area contributed by atoms with Crippen LogP contribution in [-0.2, 0) is 4.74 Å². The molecule has 5 nitrogen and oxygen atoms in total. The Hall–Kier alpha value is -2.40. The van der Waals surface area contributed by atoms with Crippen LogP contribution in [0.25, 0.3) is 0 Å². The van der Waals surface area contributed by atoms with Gasteiger partial charge in [0.1, 0.15) is 0 Å². The molecule has 0 aromatic heterocycles. The molecular formula is C16H16N2O3. The van der Waals surface area contributed by atoms with E-state index in [0.29, 0.717) is 0 Å². The summed E-state index contributed by atoms with van der Waals surface area (Å²) in [7, 11) is 1.64. The van der Waals surface area contributed by atoms with Gasteiger partial charge in [0.15, 0.2) is 0 Å². The smallest absolute Gasteiger partial charge is 0.269 e. The first kappa shape index (κ1) is 13.6. The van der Waals surface area contributed by atoms with Crippen molar-refractivity contribution in [2.24, 2.45) is 0 Å². The van der Waals surface area contributed by atoms with E-state index in [1.807, 2.05) is 18.2 Å². The van der Waals surface area contributed by atoms with Crippen LogP contribution in [0.1, 0.15) is 29.7 Å². The predicted molar refractivity (Wildman–Crippen MR) is 80.3 cm³/mol. The Bertz CT molecular complexity index is 658. The maximum atomic E-state index is 10.9. The number of anilines is 1. The van der Waals surface area contributed by atoms with Crippen molar-refractivity contribution in [2.45, 2.75) is 18.6 Å². The molecule has 0 aliphatic carbocycles. The van der Waals surface area contributed by atoms with E-state index in [-0.39, 0.29) is 22.8 Å². The molecule has 0 radical (unpaired) electrons. The first-order valence-corrected chi connectivity index (χ1v) is 6.81. The fraction of sp³-hybridized carbons (Fsp3) is 0.250. The Labute approximate surface area is 122 Å². The number of nitrogens with zero attached hydrogens (tertiary/aromatic N) is 1. The van der Waals surface area contributed by atoms with E-state index in [1.54, 1.807) is 19.2 Å². The van der Waals surface area contributed by atoms with Gasteiger partial charge in [0.2, 0.25) is 0 Å². The average Bonchev–Trinajstić information content (AvgIpc) is 2.54. The predicted octanol–water partition coefficient (Wildman–Crippen LogP) is 3.84. The minimum atomic E-state index is -0.379. The molecule has 2 aromatic rings. The van der Waals surface area contributed by atoms with Crippen molar-refractivity contribution in [3.05, 3.63) is 69.8 Å². The zero-order valence-corrected chi connectivity index (χ0v) is 11.7. The molecule has 2 unspecified atom stereocenters. The maximum absolute atomic E-state index is 10.9. The summed E-state index contributed by atoms with van der Waals surface area (Å²) in [5.41, 5.74) is 3.02. The summed E-state index contributed by atoms with van der Waals surface area (Å²) < 4.78 is 5.54. The summed E-state index contributed by atoms with van der Waals surface area (Å²) in [6.07, 6.45) is 0.598. The van der Waals surface area contributed by atoms with Gasteiger partial charge in [-0.15, -0.1) is 0 Å². The first-order valence-electron chi connectivity index (χ1n) is 6.81. The number of benzene rings is 2. The average molecular weight is 284 g/mol. The normalized spacial score (nSPS) is 20.4. The number of hydrogen-bond acceptors (Lipinski definition) is 4. The van der Waals surface area contributed by atoms with Gasteiger partial charge in [0, 0.05) is 36.9 Å². The molecule has 1 aliphatic heterocycles. The monoisotopic (exact) mass is 284 g/mol. The minimum absolute atomic E-state index is 0.0933. The third-order valence-corrected chi connectivity index (χ3v) is 3.86. The zero-order valence-electron chi connectivity index (χ0n) is 11.7. The Morgan fingerprint density at radius 3 is 2.67 bits per heavy atom. The molecule has 3 rings (SSSR count). The lowest BCUT2D eigenvalue weighted by molar-refractivity contribution is -0.385. The SMILES string of the molecule is COC1CC(c2ccccc2)Nc2ccc([N+](=O)[O-])cc21. The van der Waals surface area contributed by atoms with Gasteiger partial charge in [0.25, 0.3) is 5.69 Å². The van der Waals surface area contributed by atoms with Crippen LogP contribution in [0.15, 0.2) is 48.5 Å². The summed E-state index contributed by atoms with van der Waals surface area (Å²) >= 11 is 0. The maximum Gasteiger partial charge on any atom is 0.269 e. The van der Waals surface area contributed by atoms with Crippen molar-refractivity contribution >= 4 is 11.4 Å². The van der Waals surface area contributed by atoms with Gasteiger partial charge in [-0.1, -0.05) is 30.3 Å². The van der Waals surface area contributed by atoms with E-state index in [1.165, 1.54) is 11.6 Å². The van der Waals surface area contributed by atoms with Crippen molar-refractivity contribution in [3.63, 3.8) is 0 Å². The van der Waals surface area contributed by atoms with E-state index in [2.05, 4.69) is 17.4 Å². The second-order valence-corrected chi connectivity index (χ2v) is 5.10. The van der Waals surface area contributed by atoms with E-state index in [0.717, 1.165) is 17.7 Å². The minimum Gasteiger partial charge on any atom is -0.378 e. The molecule has 2 atom stereocenters. The molecule has 0 saturated carbocycles. The van der Waals surface area contributed by atoms with E-state index >= 15 is 0 Å². The van der Waals surface area contributed by atoms with Gasteiger partial charge in [-0.3, -0.25) is 10.1 Å². The third-order valence-electron chi connectivity index (χ3n) is 3.86. The van der Waals surface area contributed by atoms with E-state index in [9.17, 15) is 10.1 Å². The number of nitro benzene ring substituents is 1. The number of ether oxygens (including phenoxy) is 1. The van der Waals surface area contributed by atoms with Gasteiger partial charge in [-0.2, -0.15) is 0 Å². The first-order chi connectivity index (χ1) is 10.2. The highest BCUT2D eigenvalue weighted by atomic mass is 16.6. The van der Waals surface area contributed by atoms with E-state index < -0.39 is 0 Å². The number of non-ortho nitro benzene ring substituents is 1. The van der Waals surface area contributed by atoms with Crippen molar-refractivity contribution in [1.82, 2.24) is 0 Å². The molecule has 21 heavy (non-hydrogen) atoms. The van der Waals surface area contributed by atoms with Crippen molar-refractivity contribution < 1.29 is 9.66 Å². The summed E-state index contributed by atoms with van der Waals surface area (Å²) in [6, 6.07) is 15.1. The number of hydrogen-bond donors (Lipinski definition) is 1. The molecule has 0 saturated heterocycles. The molecule has 5 heteroatoms. The van der Waals surface area contributed by atoms with Crippen LogP contribution in [0.3, 0.4) is 0 Å². The highest BCUT2D eigenvalue weighted by molar-refractivity contribution is 5.60. The fourth-order valence-electron chi connectivity index (χ4n) is 2.78. The van der Waals surface area contributed by atoms with Crippen LogP contribution < -0.4 is 5.32 Å². The second kappa shape index (κ2) is 5.54. The van der Waals surface area contributed by atoms with Crippen LogP contribution >= 0.6 is 0 Å². The summed E-state index contributed by atoms with van der Waals surface area (Å²) in [5.74, 6) is 0. The highest BCUT2D eigenvalue weighted by Crippen LogP contribution is 2.41. The molecule has 1 N–H and O–H groups in total. The quantitative estimate of drug-likeness (QED) is 0.687.